The monoisotopic (exact) mass is 250 g/mol. The minimum atomic E-state index is -0.478. The maximum absolute atomic E-state index is 13.3. The lowest BCUT2D eigenvalue weighted by molar-refractivity contribution is -0.133. The fraction of sp³-hybridized carbons (Fsp3) is 0.385. The van der Waals surface area contributed by atoms with Crippen LogP contribution in [0.15, 0.2) is 18.2 Å². The summed E-state index contributed by atoms with van der Waals surface area (Å²) < 4.78 is 13.3. The number of hydrogen-bond donors (Lipinski definition) is 2. The lowest BCUT2D eigenvalue weighted by Crippen LogP contribution is -2.47. The van der Waals surface area contributed by atoms with Crippen molar-refractivity contribution >= 4 is 17.5 Å². The van der Waals surface area contributed by atoms with Crippen molar-refractivity contribution in [3.05, 3.63) is 29.6 Å². The van der Waals surface area contributed by atoms with Crippen molar-refractivity contribution in [3.8, 4) is 0 Å². The third kappa shape index (κ3) is 2.85. The van der Waals surface area contributed by atoms with Gasteiger partial charge >= 0.3 is 0 Å². The highest BCUT2D eigenvalue weighted by Crippen LogP contribution is 2.18. The maximum Gasteiger partial charge on any atom is 0.249 e. The normalized spacial score (nSPS) is 19.6. The topological polar surface area (TPSA) is 58.2 Å². The molecule has 2 rings (SSSR count). The molecular formula is C13H15FN2O2. The van der Waals surface area contributed by atoms with E-state index in [0.717, 1.165) is 12.0 Å². The Balaban J connectivity index is 2.11. The molecule has 0 spiro atoms. The number of rotatable bonds is 3. The van der Waals surface area contributed by atoms with Gasteiger partial charge < -0.3 is 5.32 Å². The Hall–Kier alpha value is -1.91. The standard InChI is InChI=1S/C13H15FN2O2/c1-2-8-5-9(14)7-10(6-8)15-11-3-4-12(17)16-13(11)18/h5-7,11,15H,2-4H2,1H3,(H,16,17,18). The van der Waals surface area contributed by atoms with Crippen LogP contribution in [-0.4, -0.2) is 17.9 Å². The zero-order valence-electron chi connectivity index (χ0n) is 10.1. The third-order valence-corrected chi connectivity index (χ3v) is 2.95. The van der Waals surface area contributed by atoms with E-state index in [-0.39, 0.29) is 17.6 Å². The van der Waals surface area contributed by atoms with Crippen LogP contribution < -0.4 is 10.6 Å². The zero-order chi connectivity index (χ0) is 13.1. The van der Waals surface area contributed by atoms with Gasteiger partial charge in [0.25, 0.3) is 0 Å². The second kappa shape index (κ2) is 5.16. The Morgan fingerprint density at radius 1 is 1.39 bits per heavy atom. The number of carbonyl (C=O) groups is 2. The number of carbonyl (C=O) groups excluding carboxylic acids is 2. The van der Waals surface area contributed by atoms with E-state index in [9.17, 15) is 14.0 Å². The molecule has 1 fully saturated rings. The molecule has 18 heavy (non-hydrogen) atoms. The molecule has 1 aromatic rings. The van der Waals surface area contributed by atoms with E-state index in [4.69, 9.17) is 0 Å². The van der Waals surface area contributed by atoms with Gasteiger partial charge in [-0.05, 0) is 36.6 Å². The predicted octanol–water partition coefficient (Wildman–Crippen LogP) is 1.61. The average molecular weight is 250 g/mol. The van der Waals surface area contributed by atoms with E-state index in [1.54, 1.807) is 0 Å². The molecule has 0 aliphatic carbocycles. The number of anilines is 1. The van der Waals surface area contributed by atoms with Crippen LogP contribution in [0.2, 0.25) is 0 Å². The van der Waals surface area contributed by atoms with Gasteiger partial charge in [0.1, 0.15) is 11.9 Å². The molecule has 2 N–H and O–H groups in total. The molecule has 2 amide bonds. The summed E-state index contributed by atoms with van der Waals surface area (Å²) in [6.07, 6.45) is 1.46. The van der Waals surface area contributed by atoms with Crippen molar-refractivity contribution in [2.75, 3.05) is 5.32 Å². The van der Waals surface area contributed by atoms with Crippen LogP contribution in [0.3, 0.4) is 0 Å². The first-order valence-corrected chi connectivity index (χ1v) is 5.98. The molecule has 1 heterocycles. The van der Waals surface area contributed by atoms with Gasteiger partial charge in [0.15, 0.2) is 0 Å². The van der Waals surface area contributed by atoms with Crippen molar-refractivity contribution in [1.82, 2.24) is 5.32 Å². The number of benzene rings is 1. The van der Waals surface area contributed by atoms with Crippen LogP contribution in [0.25, 0.3) is 0 Å². The number of piperidine rings is 1. The Kier molecular flexibility index (Phi) is 3.60. The first-order valence-electron chi connectivity index (χ1n) is 5.98. The summed E-state index contributed by atoms with van der Waals surface area (Å²) in [5.74, 6) is -0.941. The summed E-state index contributed by atoms with van der Waals surface area (Å²) in [7, 11) is 0. The van der Waals surface area contributed by atoms with E-state index in [2.05, 4.69) is 10.6 Å². The van der Waals surface area contributed by atoms with Gasteiger partial charge in [-0.15, -0.1) is 0 Å². The molecule has 1 unspecified atom stereocenters. The Labute approximate surface area is 105 Å². The van der Waals surface area contributed by atoms with E-state index >= 15 is 0 Å². The van der Waals surface area contributed by atoms with Crippen molar-refractivity contribution in [1.29, 1.82) is 0 Å². The predicted molar refractivity (Wildman–Crippen MR) is 65.6 cm³/mol. The van der Waals surface area contributed by atoms with E-state index in [0.29, 0.717) is 18.5 Å². The minimum absolute atomic E-state index is 0.258. The van der Waals surface area contributed by atoms with Gasteiger partial charge in [0.05, 0.1) is 0 Å². The summed E-state index contributed by atoms with van der Waals surface area (Å²) >= 11 is 0. The molecule has 4 nitrogen and oxygen atoms in total. The number of nitrogens with one attached hydrogen (secondary N) is 2. The minimum Gasteiger partial charge on any atom is -0.374 e. The number of halogens is 1. The van der Waals surface area contributed by atoms with Gasteiger partial charge in [-0.2, -0.15) is 0 Å². The van der Waals surface area contributed by atoms with E-state index in [1.807, 2.05) is 13.0 Å². The number of aryl methyl sites for hydroxylation is 1. The van der Waals surface area contributed by atoms with Gasteiger partial charge in [0.2, 0.25) is 11.8 Å². The summed E-state index contributed by atoms with van der Waals surface area (Å²) in [4.78, 5) is 22.6. The van der Waals surface area contributed by atoms with Crippen LogP contribution in [-0.2, 0) is 16.0 Å². The van der Waals surface area contributed by atoms with Crippen LogP contribution in [0.1, 0.15) is 25.3 Å². The molecule has 1 aliphatic heterocycles. The van der Waals surface area contributed by atoms with Gasteiger partial charge in [-0.3, -0.25) is 14.9 Å². The Bertz CT molecular complexity index is 488. The Morgan fingerprint density at radius 3 is 2.83 bits per heavy atom. The van der Waals surface area contributed by atoms with Crippen LogP contribution in [0.4, 0.5) is 10.1 Å². The molecule has 0 saturated carbocycles. The average Bonchev–Trinajstić information content (AvgIpc) is 2.32. The quantitative estimate of drug-likeness (QED) is 0.801. The Morgan fingerprint density at radius 2 is 2.17 bits per heavy atom. The highest BCUT2D eigenvalue weighted by atomic mass is 19.1. The molecule has 5 heteroatoms. The lowest BCUT2D eigenvalue weighted by atomic mass is 10.1. The molecule has 1 aliphatic rings. The summed E-state index contributed by atoms with van der Waals surface area (Å²) in [5.41, 5.74) is 1.44. The fourth-order valence-corrected chi connectivity index (χ4v) is 1.97. The molecular weight excluding hydrogens is 235 g/mol. The highest BCUT2D eigenvalue weighted by molar-refractivity contribution is 6.01. The smallest absolute Gasteiger partial charge is 0.249 e. The molecule has 96 valence electrons. The van der Waals surface area contributed by atoms with Crippen LogP contribution in [0.5, 0.6) is 0 Å². The zero-order valence-corrected chi connectivity index (χ0v) is 10.1. The first kappa shape index (κ1) is 12.5. The van der Waals surface area contributed by atoms with Gasteiger partial charge in [0, 0.05) is 12.1 Å². The van der Waals surface area contributed by atoms with Crippen LogP contribution in [0, 0.1) is 5.82 Å². The van der Waals surface area contributed by atoms with Gasteiger partial charge in [-0.25, -0.2) is 4.39 Å². The molecule has 0 bridgehead atoms. The third-order valence-electron chi connectivity index (χ3n) is 2.95. The highest BCUT2D eigenvalue weighted by Gasteiger charge is 2.26. The van der Waals surface area contributed by atoms with E-state index < -0.39 is 6.04 Å². The van der Waals surface area contributed by atoms with Crippen molar-refractivity contribution < 1.29 is 14.0 Å². The summed E-state index contributed by atoms with van der Waals surface area (Å²) in [6, 6.07) is 4.15. The summed E-state index contributed by atoms with van der Waals surface area (Å²) in [5, 5.41) is 5.22. The van der Waals surface area contributed by atoms with Crippen molar-refractivity contribution in [3.63, 3.8) is 0 Å². The summed E-state index contributed by atoms with van der Waals surface area (Å²) in [6.45, 7) is 1.94. The maximum atomic E-state index is 13.3. The molecule has 1 aromatic carbocycles. The second-order valence-electron chi connectivity index (χ2n) is 4.35. The van der Waals surface area contributed by atoms with E-state index in [1.165, 1.54) is 12.1 Å². The van der Waals surface area contributed by atoms with Gasteiger partial charge in [-0.1, -0.05) is 6.92 Å². The first-order chi connectivity index (χ1) is 8.58. The lowest BCUT2D eigenvalue weighted by Gasteiger charge is -2.23. The number of amides is 2. The van der Waals surface area contributed by atoms with Crippen LogP contribution >= 0.6 is 0 Å². The largest absolute Gasteiger partial charge is 0.374 e. The fourth-order valence-electron chi connectivity index (χ4n) is 1.97. The molecule has 0 radical (unpaired) electrons. The number of hydrogen-bond acceptors (Lipinski definition) is 3. The second-order valence-corrected chi connectivity index (χ2v) is 4.35. The SMILES string of the molecule is CCc1cc(F)cc(NC2CCC(=O)NC2=O)c1. The molecule has 0 aromatic heterocycles. The molecule has 1 atom stereocenters. The van der Waals surface area contributed by atoms with Crippen molar-refractivity contribution in [2.45, 2.75) is 32.2 Å². The molecule has 1 saturated heterocycles. The van der Waals surface area contributed by atoms with Crippen molar-refractivity contribution in [2.24, 2.45) is 0 Å². The number of imide groups is 1.